The number of pyridine rings is 1. The molecule has 1 amide bonds. The standard InChI is InChI=1S/C22H25N3O4S/c1-12-7-14(3)24-22(27)18(12)10-23-21(26)17-8-16(30(4,28)29)9-19-20(17)13(2)11-25(19)15-5-6-15/h7-9,11,15H,5-6,10H2,1-4H3,(H,23,26)(H,24,27). The van der Waals surface area contributed by atoms with Gasteiger partial charge in [-0.05, 0) is 62.9 Å². The average Bonchev–Trinajstić information content (AvgIpc) is 3.43. The lowest BCUT2D eigenvalue weighted by atomic mass is 10.1. The SMILES string of the molecule is Cc1cc(C)c(CNC(=O)c2cc(S(C)(=O)=O)cc3c2c(C)cn3C2CC2)c(=O)[nH]1. The lowest BCUT2D eigenvalue weighted by Crippen LogP contribution is -2.28. The van der Waals surface area contributed by atoms with Crippen LogP contribution in [0.5, 0.6) is 0 Å². The van der Waals surface area contributed by atoms with Gasteiger partial charge in [-0.2, -0.15) is 0 Å². The Labute approximate surface area is 175 Å². The maximum absolute atomic E-state index is 13.1. The molecule has 2 aromatic heterocycles. The zero-order chi connectivity index (χ0) is 21.8. The molecule has 1 aliphatic rings. The smallest absolute Gasteiger partial charge is 0.253 e. The second-order valence-electron chi connectivity index (χ2n) is 8.21. The third-order valence-corrected chi connectivity index (χ3v) is 6.72. The van der Waals surface area contributed by atoms with Crippen molar-refractivity contribution in [2.24, 2.45) is 0 Å². The van der Waals surface area contributed by atoms with E-state index in [2.05, 4.69) is 14.9 Å². The molecule has 1 saturated carbocycles. The van der Waals surface area contributed by atoms with E-state index in [-0.39, 0.29) is 17.0 Å². The predicted octanol–water partition coefficient (Wildman–Crippen LogP) is 2.92. The summed E-state index contributed by atoms with van der Waals surface area (Å²) in [6, 6.07) is 5.29. The van der Waals surface area contributed by atoms with Crippen molar-refractivity contribution >= 4 is 26.6 Å². The molecule has 0 aliphatic heterocycles. The number of rotatable bonds is 5. The average molecular weight is 428 g/mol. The summed E-state index contributed by atoms with van der Waals surface area (Å²) in [5, 5.41) is 3.56. The molecule has 2 N–H and O–H groups in total. The molecule has 30 heavy (non-hydrogen) atoms. The summed E-state index contributed by atoms with van der Waals surface area (Å²) < 4.78 is 26.6. The summed E-state index contributed by atoms with van der Waals surface area (Å²) in [4.78, 5) is 28.2. The van der Waals surface area contributed by atoms with Gasteiger partial charge in [-0.1, -0.05) is 0 Å². The fraction of sp³-hybridized carbons (Fsp3) is 0.364. The van der Waals surface area contributed by atoms with Gasteiger partial charge < -0.3 is 14.9 Å². The number of hydrogen-bond acceptors (Lipinski definition) is 4. The van der Waals surface area contributed by atoms with Crippen molar-refractivity contribution < 1.29 is 13.2 Å². The van der Waals surface area contributed by atoms with Crippen LogP contribution < -0.4 is 10.9 Å². The second-order valence-corrected chi connectivity index (χ2v) is 10.2. The van der Waals surface area contributed by atoms with Crippen LogP contribution in [0.4, 0.5) is 0 Å². The molecule has 1 fully saturated rings. The number of nitrogens with one attached hydrogen (secondary N) is 2. The van der Waals surface area contributed by atoms with E-state index in [1.807, 2.05) is 26.1 Å². The van der Waals surface area contributed by atoms with Crippen LogP contribution in [-0.2, 0) is 16.4 Å². The number of carbonyl (C=O) groups is 1. The van der Waals surface area contributed by atoms with Gasteiger partial charge in [-0.25, -0.2) is 8.42 Å². The van der Waals surface area contributed by atoms with Gasteiger partial charge in [0.1, 0.15) is 0 Å². The monoisotopic (exact) mass is 427 g/mol. The highest BCUT2D eigenvalue weighted by Gasteiger charge is 2.28. The molecule has 1 aromatic carbocycles. The lowest BCUT2D eigenvalue weighted by molar-refractivity contribution is 0.0952. The van der Waals surface area contributed by atoms with Crippen molar-refractivity contribution in [3.8, 4) is 0 Å². The van der Waals surface area contributed by atoms with Crippen LogP contribution in [0.3, 0.4) is 0 Å². The summed E-state index contributed by atoms with van der Waals surface area (Å²) in [6.45, 7) is 5.61. The van der Waals surface area contributed by atoms with Gasteiger partial charge in [0.25, 0.3) is 11.5 Å². The third-order valence-electron chi connectivity index (χ3n) is 5.63. The van der Waals surface area contributed by atoms with E-state index < -0.39 is 15.7 Å². The number of H-pyrrole nitrogens is 1. The number of benzene rings is 1. The third kappa shape index (κ3) is 3.67. The molecule has 0 bridgehead atoms. The topological polar surface area (TPSA) is 101 Å². The van der Waals surface area contributed by atoms with Crippen molar-refractivity contribution in [3.05, 3.63) is 62.7 Å². The number of carbonyl (C=O) groups excluding carboxylic acids is 1. The van der Waals surface area contributed by atoms with Crippen LogP contribution in [0.25, 0.3) is 10.9 Å². The quantitative estimate of drug-likeness (QED) is 0.654. The number of hydrogen-bond donors (Lipinski definition) is 2. The van der Waals surface area contributed by atoms with Crippen LogP contribution in [0.2, 0.25) is 0 Å². The summed E-state index contributed by atoms with van der Waals surface area (Å²) in [5.41, 5.74) is 3.79. The molecular weight excluding hydrogens is 402 g/mol. The number of aryl methyl sites for hydroxylation is 3. The van der Waals surface area contributed by atoms with Crippen LogP contribution >= 0.6 is 0 Å². The molecule has 2 heterocycles. The molecule has 0 radical (unpaired) electrons. The van der Waals surface area contributed by atoms with Gasteiger partial charge in [0.2, 0.25) is 0 Å². The summed E-state index contributed by atoms with van der Waals surface area (Å²) in [7, 11) is -3.50. The Morgan fingerprint density at radius 3 is 2.47 bits per heavy atom. The highest BCUT2D eigenvalue weighted by molar-refractivity contribution is 7.90. The van der Waals surface area contributed by atoms with Gasteiger partial charge in [0, 0.05) is 41.7 Å². The zero-order valence-electron chi connectivity index (χ0n) is 17.5. The molecule has 7 nitrogen and oxygen atoms in total. The summed E-state index contributed by atoms with van der Waals surface area (Å²) in [6.07, 6.45) is 5.22. The molecule has 1 aliphatic carbocycles. The summed E-state index contributed by atoms with van der Waals surface area (Å²) >= 11 is 0. The van der Waals surface area contributed by atoms with Crippen molar-refractivity contribution in [2.45, 2.75) is 51.1 Å². The maximum Gasteiger partial charge on any atom is 0.253 e. The highest BCUT2D eigenvalue weighted by Crippen LogP contribution is 2.40. The Kier molecular flexibility index (Phi) is 4.85. The Bertz CT molecular complexity index is 1340. The van der Waals surface area contributed by atoms with E-state index >= 15 is 0 Å². The largest absolute Gasteiger partial charge is 0.348 e. The van der Waals surface area contributed by atoms with E-state index in [1.165, 1.54) is 6.07 Å². The number of sulfone groups is 1. The first-order valence-electron chi connectivity index (χ1n) is 9.89. The predicted molar refractivity (Wildman–Crippen MR) is 116 cm³/mol. The van der Waals surface area contributed by atoms with Crippen molar-refractivity contribution in [2.75, 3.05) is 6.26 Å². The van der Waals surface area contributed by atoms with E-state index in [0.717, 1.165) is 46.8 Å². The number of aromatic amines is 1. The molecule has 0 unspecified atom stereocenters. The lowest BCUT2D eigenvalue weighted by Gasteiger charge is -2.12. The zero-order valence-corrected chi connectivity index (χ0v) is 18.3. The molecule has 3 aromatic rings. The van der Waals surface area contributed by atoms with Crippen LogP contribution in [0.15, 0.2) is 34.1 Å². The molecule has 0 saturated heterocycles. The minimum Gasteiger partial charge on any atom is -0.348 e. The highest BCUT2D eigenvalue weighted by atomic mass is 32.2. The molecular formula is C22H25N3O4S. The van der Waals surface area contributed by atoms with Crippen LogP contribution in [-0.4, -0.2) is 30.1 Å². The first kappa shape index (κ1) is 20.4. The molecule has 4 rings (SSSR count). The Morgan fingerprint density at radius 1 is 1.17 bits per heavy atom. The minimum absolute atomic E-state index is 0.0628. The molecule has 0 spiro atoms. The van der Waals surface area contributed by atoms with Gasteiger partial charge in [-0.3, -0.25) is 9.59 Å². The van der Waals surface area contributed by atoms with Crippen LogP contribution in [0, 0.1) is 20.8 Å². The van der Waals surface area contributed by atoms with E-state index in [9.17, 15) is 18.0 Å². The number of fused-ring (bicyclic) bond motifs is 1. The van der Waals surface area contributed by atoms with Gasteiger partial charge in [-0.15, -0.1) is 0 Å². The number of nitrogens with zero attached hydrogens (tertiary/aromatic N) is 1. The van der Waals surface area contributed by atoms with E-state index in [4.69, 9.17) is 0 Å². The Hall–Kier alpha value is -2.87. The van der Waals surface area contributed by atoms with E-state index in [1.54, 1.807) is 13.0 Å². The first-order valence-corrected chi connectivity index (χ1v) is 11.8. The van der Waals surface area contributed by atoms with Crippen molar-refractivity contribution in [1.29, 1.82) is 0 Å². The molecule has 8 heteroatoms. The van der Waals surface area contributed by atoms with Gasteiger partial charge >= 0.3 is 0 Å². The second kappa shape index (κ2) is 7.12. The van der Waals surface area contributed by atoms with Gasteiger partial charge in [0.15, 0.2) is 9.84 Å². The Morgan fingerprint density at radius 2 is 1.87 bits per heavy atom. The number of aromatic nitrogens is 2. The van der Waals surface area contributed by atoms with Gasteiger partial charge in [0.05, 0.1) is 16.0 Å². The van der Waals surface area contributed by atoms with Crippen molar-refractivity contribution in [3.63, 3.8) is 0 Å². The Balaban J connectivity index is 1.78. The fourth-order valence-corrected chi connectivity index (χ4v) is 4.63. The fourth-order valence-electron chi connectivity index (χ4n) is 3.97. The van der Waals surface area contributed by atoms with E-state index in [0.29, 0.717) is 17.2 Å². The minimum atomic E-state index is -3.50. The molecule has 158 valence electrons. The summed E-state index contributed by atoms with van der Waals surface area (Å²) in [5.74, 6) is -0.401. The van der Waals surface area contributed by atoms with Crippen molar-refractivity contribution in [1.82, 2.24) is 14.9 Å². The van der Waals surface area contributed by atoms with Crippen LogP contribution in [0.1, 0.15) is 51.6 Å². The number of amides is 1. The normalized spacial score (nSPS) is 14.3. The maximum atomic E-state index is 13.1. The first-order chi connectivity index (χ1) is 14.1. The molecule has 0 atom stereocenters.